The summed E-state index contributed by atoms with van der Waals surface area (Å²) < 4.78 is 43.0. The minimum atomic E-state index is -4.75. The van der Waals surface area contributed by atoms with Crippen LogP contribution in [0.2, 0.25) is 0 Å². The molecular weight excluding hydrogens is 271 g/mol. The molecule has 2 aromatic rings. The fraction of sp³-hybridized carbons (Fsp3) is 0.308. The maximum Gasteiger partial charge on any atom is 0.573 e. The molecule has 0 aliphatic heterocycles. The van der Waals surface area contributed by atoms with E-state index in [0.29, 0.717) is 17.6 Å². The van der Waals surface area contributed by atoms with Gasteiger partial charge in [0.1, 0.15) is 17.3 Å². The molecule has 106 valence electrons. The zero-order valence-electron chi connectivity index (χ0n) is 10.4. The number of nitrogens with zero attached hydrogens (tertiary/aromatic N) is 2. The Hall–Kier alpha value is -2.18. The third kappa shape index (κ3) is 2.43. The summed E-state index contributed by atoms with van der Waals surface area (Å²) in [4.78, 5) is 4.13. The first-order valence-electron chi connectivity index (χ1n) is 6.13. The highest BCUT2D eigenvalue weighted by Gasteiger charge is 2.33. The van der Waals surface area contributed by atoms with Crippen molar-refractivity contribution in [2.75, 3.05) is 5.73 Å². The van der Waals surface area contributed by atoms with E-state index in [0.717, 1.165) is 12.8 Å². The molecule has 0 saturated heterocycles. The summed E-state index contributed by atoms with van der Waals surface area (Å²) in [5.74, 6) is 0.0680. The Morgan fingerprint density at radius 3 is 2.60 bits per heavy atom. The smallest absolute Gasteiger partial charge is 0.405 e. The molecule has 3 rings (SSSR count). The minimum absolute atomic E-state index is 0.238. The second-order valence-electron chi connectivity index (χ2n) is 4.66. The molecule has 0 spiro atoms. The van der Waals surface area contributed by atoms with Crippen molar-refractivity contribution < 1.29 is 17.9 Å². The number of anilines is 1. The Balaban J connectivity index is 2.01. The van der Waals surface area contributed by atoms with Gasteiger partial charge in [0.25, 0.3) is 0 Å². The molecule has 1 aliphatic rings. The number of rotatable bonds is 3. The van der Waals surface area contributed by atoms with Gasteiger partial charge in [0, 0.05) is 11.6 Å². The maximum atomic E-state index is 12.4. The molecule has 20 heavy (non-hydrogen) atoms. The van der Waals surface area contributed by atoms with Crippen LogP contribution in [-0.4, -0.2) is 15.9 Å². The number of imidazole rings is 1. The number of benzene rings is 1. The van der Waals surface area contributed by atoms with Gasteiger partial charge >= 0.3 is 6.36 Å². The lowest BCUT2D eigenvalue weighted by Crippen LogP contribution is -2.17. The van der Waals surface area contributed by atoms with Crippen LogP contribution in [0, 0.1) is 0 Å². The second kappa shape index (κ2) is 4.43. The molecule has 0 amide bonds. The van der Waals surface area contributed by atoms with Gasteiger partial charge in [-0.25, -0.2) is 4.98 Å². The number of halogens is 3. The van der Waals surface area contributed by atoms with Crippen molar-refractivity contribution in [3.05, 3.63) is 30.6 Å². The monoisotopic (exact) mass is 283 g/mol. The van der Waals surface area contributed by atoms with Gasteiger partial charge in [-0.1, -0.05) is 12.1 Å². The largest absolute Gasteiger partial charge is 0.573 e. The van der Waals surface area contributed by atoms with Gasteiger partial charge < -0.3 is 15.0 Å². The first kappa shape index (κ1) is 12.8. The Labute approximate surface area is 113 Å². The second-order valence-corrected chi connectivity index (χ2v) is 4.66. The number of hydrogen-bond donors (Lipinski definition) is 1. The van der Waals surface area contributed by atoms with E-state index in [1.165, 1.54) is 18.2 Å². The quantitative estimate of drug-likeness (QED) is 0.939. The number of nitrogen functional groups attached to an aromatic ring is 1. The van der Waals surface area contributed by atoms with E-state index in [1.54, 1.807) is 17.0 Å². The Bertz CT molecular complexity index is 632. The highest BCUT2D eigenvalue weighted by atomic mass is 19.4. The van der Waals surface area contributed by atoms with Gasteiger partial charge in [0.05, 0.1) is 6.33 Å². The average Bonchev–Trinajstić information content (AvgIpc) is 3.13. The van der Waals surface area contributed by atoms with Crippen LogP contribution in [0.4, 0.5) is 19.0 Å². The fourth-order valence-electron chi connectivity index (χ4n) is 2.10. The minimum Gasteiger partial charge on any atom is -0.405 e. The van der Waals surface area contributed by atoms with Crippen molar-refractivity contribution in [1.82, 2.24) is 9.55 Å². The SMILES string of the molecule is Nc1c(-c2ccccc2OC(F)(F)F)ncn1C1CC1. The van der Waals surface area contributed by atoms with Crippen LogP contribution in [0.3, 0.4) is 0 Å². The van der Waals surface area contributed by atoms with E-state index >= 15 is 0 Å². The van der Waals surface area contributed by atoms with E-state index in [-0.39, 0.29) is 11.3 Å². The maximum absolute atomic E-state index is 12.4. The predicted molar refractivity (Wildman–Crippen MR) is 67.0 cm³/mol. The van der Waals surface area contributed by atoms with Crippen molar-refractivity contribution in [1.29, 1.82) is 0 Å². The van der Waals surface area contributed by atoms with Crippen molar-refractivity contribution in [2.45, 2.75) is 25.2 Å². The normalized spacial score (nSPS) is 15.3. The van der Waals surface area contributed by atoms with Gasteiger partial charge in [0.15, 0.2) is 0 Å². The van der Waals surface area contributed by atoms with Crippen LogP contribution in [0.25, 0.3) is 11.3 Å². The van der Waals surface area contributed by atoms with Crippen molar-refractivity contribution in [3.63, 3.8) is 0 Å². The van der Waals surface area contributed by atoms with Crippen LogP contribution in [0.1, 0.15) is 18.9 Å². The molecule has 0 bridgehead atoms. The number of nitrogens with two attached hydrogens (primary N) is 1. The average molecular weight is 283 g/mol. The molecule has 0 unspecified atom stereocenters. The van der Waals surface area contributed by atoms with Crippen molar-refractivity contribution in [2.24, 2.45) is 0 Å². The van der Waals surface area contributed by atoms with Crippen LogP contribution < -0.4 is 10.5 Å². The molecule has 2 N–H and O–H groups in total. The zero-order chi connectivity index (χ0) is 14.3. The predicted octanol–water partition coefficient (Wildman–Crippen LogP) is 3.37. The summed E-state index contributed by atoms with van der Waals surface area (Å²) in [6.45, 7) is 0. The molecule has 0 radical (unpaired) electrons. The Morgan fingerprint density at radius 1 is 1.25 bits per heavy atom. The summed E-state index contributed by atoms with van der Waals surface area (Å²) in [6.07, 6.45) is -1.15. The molecular formula is C13H12F3N3O. The van der Waals surface area contributed by atoms with E-state index in [9.17, 15) is 13.2 Å². The van der Waals surface area contributed by atoms with Gasteiger partial charge in [0.2, 0.25) is 0 Å². The summed E-state index contributed by atoms with van der Waals surface area (Å²) in [6, 6.07) is 6.16. The highest BCUT2D eigenvalue weighted by molar-refractivity contribution is 5.75. The third-order valence-corrected chi connectivity index (χ3v) is 3.14. The van der Waals surface area contributed by atoms with Crippen molar-refractivity contribution >= 4 is 5.82 Å². The topological polar surface area (TPSA) is 53.1 Å². The molecule has 1 aromatic heterocycles. The van der Waals surface area contributed by atoms with Gasteiger partial charge in [-0.15, -0.1) is 13.2 Å². The summed E-state index contributed by atoms with van der Waals surface area (Å²) in [5.41, 5.74) is 6.53. The van der Waals surface area contributed by atoms with Crippen LogP contribution >= 0.6 is 0 Å². The number of aromatic nitrogens is 2. The van der Waals surface area contributed by atoms with Gasteiger partial charge in [-0.05, 0) is 25.0 Å². The van der Waals surface area contributed by atoms with E-state index in [4.69, 9.17) is 5.73 Å². The lowest BCUT2D eigenvalue weighted by atomic mass is 10.1. The molecule has 1 aliphatic carbocycles. The zero-order valence-corrected chi connectivity index (χ0v) is 10.4. The third-order valence-electron chi connectivity index (χ3n) is 3.14. The molecule has 1 fully saturated rings. The molecule has 1 saturated carbocycles. The fourth-order valence-corrected chi connectivity index (χ4v) is 2.10. The highest BCUT2D eigenvalue weighted by Crippen LogP contribution is 2.41. The molecule has 7 heteroatoms. The first-order chi connectivity index (χ1) is 9.46. The van der Waals surface area contributed by atoms with E-state index < -0.39 is 6.36 Å². The number of para-hydroxylation sites is 1. The lowest BCUT2D eigenvalue weighted by molar-refractivity contribution is -0.274. The first-order valence-corrected chi connectivity index (χ1v) is 6.13. The van der Waals surface area contributed by atoms with Crippen LogP contribution in [0.15, 0.2) is 30.6 Å². The number of alkyl halides is 3. The van der Waals surface area contributed by atoms with Gasteiger partial charge in [-0.2, -0.15) is 0 Å². The van der Waals surface area contributed by atoms with E-state index in [1.807, 2.05) is 0 Å². The lowest BCUT2D eigenvalue weighted by Gasteiger charge is -2.12. The standard InChI is InChI=1S/C13H12F3N3O/c14-13(15,16)20-10-4-2-1-3-9(10)11-12(17)19(7-18-11)8-5-6-8/h1-4,7-8H,5-6,17H2. The molecule has 1 heterocycles. The molecule has 0 atom stereocenters. The molecule has 4 nitrogen and oxygen atoms in total. The summed E-state index contributed by atoms with van der Waals surface area (Å²) in [5, 5.41) is 0. The summed E-state index contributed by atoms with van der Waals surface area (Å²) in [7, 11) is 0. The van der Waals surface area contributed by atoms with Crippen LogP contribution in [-0.2, 0) is 0 Å². The van der Waals surface area contributed by atoms with Crippen molar-refractivity contribution in [3.8, 4) is 17.0 Å². The van der Waals surface area contributed by atoms with E-state index in [2.05, 4.69) is 9.72 Å². The summed E-state index contributed by atoms with van der Waals surface area (Å²) >= 11 is 0. The van der Waals surface area contributed by atoms with Gasteiger partial charge in [-0.3, -0.25) is 0 Å². The Kier molecular flexibility index (Phi) is 2.84. The number of hydrogen-bond acceptors (Lipinski definition) is 3. The Morgan fingerprint density at radius 2 is 1.95 bits per heavy atom. The van der Waals surface area contributed by atoms with Crippen LogP contribution in [0.5, 0.6) is 5.75 Å². The number of ether oxygens (including phenoxy) is 1. The molecule has 1 aromatic carbocycles.